The van der Waals surface area contributed by atoms with E-state index in [1.165, 1.54) is 12.1 Å². The van der Waals surface area contributed by atoms with Crippen molar-refractivity contribution >= 4 is 11.4 Å². The van der Waals surface area contributed by atoms with Crippen LogP contribution in [0.2, 0.25) is 0 Å². The van der Waals surface area contributed by atoms with Crippen molar-refractivity contribution in [3.63, 3.8) is 0 Å². The summed E-state index contributed by atoms with van der Waals surface area (Å²) < 4.78 is 5.15. The maximum Gasteiger partial charge on any atom is 0.292 e. The predicted octanol–water partition coefficient (Wildman–Crippen LogP) is -0.246. The minimum atomic E-state index is -1.39. The summed E-state index contributed by atoms with van der Waals surface area (Å²) in [7, 11) is 0. The Kier molecular flexibility index (Phi) is 4.19. The van der Waals surface area contributed by atoms with Crippen molar-refractivity contribution < 1.29 is 25.0 Å². The molecule has 2 rings (SSSR count). The molecule has 0 aliphatic carbocycles. The highest BCUT2D eigenvalue weighted by Crippen LogP contribution is 2.28. The monoisotopic (exact) mass is 284 g/mol. The Balaban J connectivity index is 2.20. The zero-order valence-electron chi connectivity index (χ0n) is 10.8. The fourth-order valence-electron chi connectivity index (χ4n) is 2.00. The average Bonchev–Trinajstić information content (AvgIpc) is 2.41. The first-order valence-corrected chi connectivity index (χ1v) is 6.07. The van der Waals surface area contributed by atoms with Crippen molar-refractivity contribution in [2.24, 2.45) is 0 Å². The van der Waals surface area contributed by atoms with Gasteiger partial charge in [0.1, 0.15) is 24.0 Å². The van der Waals surface area contributed by atoms with Crippen LogP contribution < -0.4 is 5.32 Å². The molecule has 20 heavy (non-hydrogen) atoms. The molecule has 0 bridgehead atoms. The Bertz CT molecular complexity index is 509. The number of rotatable bonds is 3. The molecule has 0 aromatic heterocycles. The number of anilines is 1. The number of nitrogens with zero attached hydrogens (tertiary/aromatic N) is 1. The van der Waals surface area contributed by atoms with E-state index in [0.717, 1.165) is 5.56 Å². The van der Waals surface area contributed by atoms with Gasteiger partial charge in [-0.3, -0.25) is 10.1 Å². The van der Waals surface area contributed by atoms with E-state index in [9.17, 15) is 25.4 Å². The largest absolute Gasteiger partial charge is 0.388 e. The molecule has 4 N–H and O–H groups in total. The SMILES string of the molecule is Cc1ccc(N[C@H]2OC[C@@H](O)[C@@H](O)[C@@H]2O)c([N+](=O)[O-])c1. The van der Waals surface area contributed by atoms with E-state index in [2.05, 4.69) is 5.32 Å². The van der Waals surface area contributed by atoms with Gasteiger partial charge in [0.05, 0.1) is 11.5 Å². The van der Waals surface area contributed by atoms with Crippen molar-refractivity contribution in [3.05, 3.63) is 33.9 Å². The summed E-state index contributed by atoms with van der Waals surface area (Å²) in [6, 6.07) is 4.57. The number of ether oxygens (including phenoxy) is 1. The van der Waals surface area contributed by atoms with Crippen molar-refractivity contribution in [2.45, 2.75) is 31.5 Å². The van der Waals surface area contributed by atoms with Crippen molar-refractivity contribution in [3.8, 4) is 0 Å². The lowest BCUT2D eigenvalue weighted by molar-refractivity contribution is -0.384. The van der Waals surface area contributed by atoms with Crippen LogP contribution in [-0.4, -0.2) is 51.4 Å². The van der Waals surface area contributed by atoms with E-state index in [-0.39, 0.29) is 18.0 Å². The Morgan fingerprint density at radius 1 is 1.35 bits per heavy atom. The normalized spacial score (nSPS) is 30.0. The third-order valence-electron chi connectivity index (χ3n) is 3.15. The number of aliphatic hydroxyl groups excluding tert-OH is 3. The number of hydrogen-bond acceptors (Lipinski definition) is 7. The zero-order chi connectivity index (χ0) is 14.9. The Labute approximate surface area is 114 Å². The maximum atomic E-state index is 11.0. The van der Waals surface area contributed by atoms with E-state index in [4.69, 9.17) is 4.74 Å². The highest BCUT2D eigenvalue weighted by atomic mass is 16.6. The third kappa shape index (κ3) is 2.88. The summed E-state index contributed by atoms with van der Waals surface area (Å²) in [6.45, 7) is 1.55. The second-order valence-corrected chi connectivity index (χ2v) is 4.72. The van der Waals surface area contributed by atoms with Gasteiger partial charge in [-0.15, -0.1) is 0 Å². The minimum absolute atomic E-state index is 0.151. The molecule has 0 spiro atoms. The van der Waals surface area contributed by atoms with Gasteiger partial charge in [-0.05, 0) is 18.6 Å². The lowest BCUT2D eigenvalue weighted by atomic mass is 10.0. The Hall–Kier alpha value is -1.74. The number of nitro benzene ring substituents is 1. The number of benzene rings is 1. The van der Waals surface area contributed by atoms with Gasteiger partial charge in [-0.1, -0.05) is 6.07 Å². The minimum Gasteiger partial charge on any atom is -0.388 e. The van der Waals surface area contributed by atoms with Crippen molar-refractivity contribution in [1.82, 2.24) is 0 Å². The van der Waals surface area contributed by atoms with Gasteiger partial charge in [0.25, 0.3) is 5.69 Å². The van der Waals surface area contributed by atoms with E-state index < -0.39 is 29.5 Å². The van der Waals surface area contributed by atoms with E-state index in [1.807, 2.05) is 0 Å². The standard InChI is InChI=1S/C12H16N2O6/c1-6-2-3-7(8(4-6)14(18)19)13-12-11(17)10(16)9(15)5-20-12/h2-4,9-13,15-17H,5H2,1H3/t9-,10-,11+,12+/m1/s1. The average molecular weight is 284 g/mol. The number of aliphatic hydroxyl groups is 3. The van der Waals surface area contributed by atoms with Gasteiger partial charge < -0.3 is 25.4 Å². The Morgan fingerprint density at radius 2 is 2.05 bits per heavy atom. The molecular formula is C12H16N2O6. The first-order valence-electron chi connectivity index (χ1n) is 6.07. The first-order chi connectivity index (χ1) is 9.40. The van der Waals surface area contributed by atoms with E-state index >= 15 is 0 Å². The van der Waals surface area contributed by atoms with Gasteiger partial charge in [0.2, 0.25) is 0 Å². The molecule has 0 saturated carbocycles. The van der Waals surface area contributed by atoms with E-state index in [1.54, 1.807) is 13.0 Å². The molecule has 1 saturated heterocycles. The smallest absolute Gasteiger partial charge is 0.292 e. The fourth-order valence-corrected chi connectivity index (χ4v) is 2.00. The van der Waals surface area contributed by atoms with Gasteiger partial charge in [-0.25, -0.2) is 0 Å². The second kappa shape index (κ2) is 5.71. The van der Waals surface area contributed by atoms with Gasteiger partial charge >= 0.3 is 0 Å². The van der Waals surface area contributed by atoms with Crippen LogP contribution in [0.4, 0.5) is 11.4 Å². The van der Waals surface area contributed by atoms with Crippen LogP contribution in [0.25, 0.3) is 0 Å². The zero-order valence-corrected chi connectivity index (χ0v) is 10.8. The lowest BCUT2D eigenvalue weighted by Crippen LogP contribution is -2.55. The van der Waals surface area contributed by atoms with Crippen LogP contribution in [0.3, 0.4) is 0 Å². The molecule has 0 unspecified atom stereocenters. The summed E-state index contributed by atoms with van der Waals surface area (Å²) in [5.74, 6) is 0. The molecule has 8 nitrogen and oxygen atoms in total. The molecule has 4 atom stereocenters. The van der Waals surface area contributed by atoms with Gasteiger partial charge in [0, 0.05) is 6.07 Å². The molecule has 0 radical (unpaired) electrons. The molecule has 1 heterocycles. The Morgan fingerprint density at radius 3 is 2.70 bits per heavy atom. The van der Waals surface area contributed by atoms with Crippen LogP contribution in [0.5, 0.6) is 0 Å². The summed E-state index contributed by atoms with van der Waals surface area (Å²) in [5, 5.41) is 42.3. The van der Waals surface area contributed by atoms with Crippen LogP contribution in [0.1, 0.15) is 5.56 Å². The highest BCUT2D eigenvalue weighted by Gasteiger charge is 2.38. The quantitative estimate of drug-likeness (QED) is 0.445. The molecule has 1 aromatic rings. The number of nitrogens with one attached hydrogen (secondary N) is 1. The van der Waals surface area contributed by atoms with Crippen LogP contribution >= 0.6 is 0 Å². The second-order valence-electron chi connectivity index (χ2n) is 4.72. The molecule has 8 heteroatoms. The van der Waals surface area contributed by atoms with Crippen LogP contribution in [-0.2, 0) is 4.74 Å². The summed E-state index contributed by atoms with van der Waals surface area (Å²) in [4.78, 5) is 10.4. The molecule has 1 fully saturated rings. The van der Waals surface area contributed by atoms with E-state index in [0.29, 0.717) is 0 Å². The number of nitro groups is 1. The fraction of sp³-hybridized carbons (Fsp3) is 0.500. The summed E-state index contributed by atoms with van der Waals surface area (Å²) >= 11 is 0. The maximum absolute atomic E-state index is 11.0. The molecule has 0 amide bonds. The van der Waals surface area contributed by atoms with Crippen LogP contribution in [0.15, 0.2) is 18.2 Å². The summed E-state index contributed by atoms with van der Waals surface area (Å²) in [6.07, 6.45) is -4.98. The third-order valence-corrected chi connectivity index (χ3v) is 3.15. The lowest BCUT2D eigenvalue weighted by Gasteiger charge is -2.35. The van der Waals surface area contributed by atoms with Gasteiger partial charge in [0.15, 0.2) is 6.23 Å². The van der Waals surface area contributed by atoms with Crippen molar-refractivity contribution in [2.75, 3.05) is 11.9 Å². The predicted molar refractivity (Wildman–Crippen MR) is 69.2 cm³/mol. The summed E-state index contributed by atoms with van der Waals surface area (Å²) in [5.41, 5.74) is 0.748. The topological polar surface area (TPSA) is 125 Å². The van der Waals surface area contributed by atoms with Crippen LogP contribution in [0, 0.1) is 17.0 Å². The molecule has 1 aliphatic heterocycles. The molecule has 110 valence electrons. The first kappa shape index (κ1) is 14.7. The molecule has 1 aromatic carbocycles. The molecule has 1 aliphatic rings. The highest BCUT2D eigenvalue weighted by molar-refractivity contribution is 5.62. The number of hydrogen-bond donors (Lipinski definition) is 4. The number of aryl methyl sites for hydroxylation is 1. The molecular weight excluding hydrogens is 268 g/mol. The van der Waals surface area contributed by atoms with Crippen molar-refractivity contribution in [1.29, 1.82) is 0 Å². The van der Waals surface area contributed by atoms with Gasteiger partial charge in [-0.2, -0.15) is 0 Å².